The van der Waals surface area contributed by atoms with E-state index in [0.29, 0.717) is 0 Å². The number of aromatic amines is 1. The number of nitrogen functional groups attached to an aromatic ring is 1. The predicted octanol–water partition coefficient (Wildman–Crippen LogP) is -3.01. The third-order valence-electron chi connectivity index (χ3n) is 3.47. The summed E-state index contributed by atoms with van der Waals surface area (Å²) in [5.41, 5.74) is 4.88. The Bertz CT molecular complexity index is 803. The van der Waals surface area contributed by atoms with E-state index in [1.54, 1.807) is 0 Å². The quantitative estimate of drug-likeness (QED) is 0.272. The number of aliphatic hydroxyl groups is 2. The van der Waals surface area contributed by atoms with Crippen LogP contribution in [0.4, 0.5) is 5.95 Å². The summed E-state index contributed by atoms with van der Waals surface area (Å²) >= 11 is 0. The fraction of sp³-hybridized carbons (Fsp3) is 0.500. The van der Waals surface area contributed by atoms with Gasteiger partial charge in [-0.25, -0.2) is 4.98 Å². The molecule has 1 aliphatic heterocycles. The Morgan fingerprint density at radius 3 is 2.75 bits per heavy atom. The molecular formula is C10H15N5O8P+. The Balaban J connectivity index is 1.89. The minimum Gasteiger partial charge on any atom is -0.387 e. The standard InChI is InChI=1S/C10H14N5O8P/c11-10-13-7-4(8(18)14-10)12-2-15(7)9-6(17)5(16)3(23-9)1-22-24(19,20)21/h2-3,5-6,9,16-17,19-21H,1H2,(H2-,11,13,14,18)/p+1/t3-,5-,6-,9-/m0/s1. The lowest BCUT2D eigenvalue weighted by Gasteiger charge is -2.16. The molecule has 0 saturated carbocycles. The van der Waals surface area contributed by atoms with Crippen LogP contribution in [0.15, 0.2) is 11.1 Å². The zero-order chi connectivity index (χ0) is 17.6. The van der Waals surface area contributed by atoms with E-state index in [-0.39, 0.29) is 17.1 Å². The Labute approximate surface area is 133 Å². The van der Waals surface area contributed by atoms with E-state index >= 15 is 0 Å². The molecule has 2 aromatic rings. The number of nitrogens with one attached hydrogen (secondary N) is 1. The van der Waals surface area contributed by atoms with Gasteiger partial charge in [-0.3, -0.25) is 14.3 Å². The van der Waals surface area contributed by atoms with Gasteiger partial charge in [-0.05, 0) is 0 Å². The van der Waals surface area contributed by atoms with Gasteiger partial charge in [0.05, 0.1) is 6.33 Å². The molecule has 0 bridgehead atoms. The van der Waals surface area contributed by atoms with E-state index < -0.39 is 44.9 Å². The van der Waals surface area contributed by atoms with Crippen LogP contribution in [-0.4, -0.2) is 69.3 Å². The molecule has 1 aliphatic rings. The fourth-order valence-electron chi connectivity index (χ4n) is 2.40. The molecule has 1 fully saturated rings. The third kappa shape index (κ3) is 3.11. The minimum atomic E-state index is -4.51. The number of fused-ring (bicyclic) bond motifs is 1. The number of nitrogens with two attached hydrogens (primary N) is 1. The van der Waals surface area contributed by atoms with Crippen molar-refractivity contribution in [1.29, 1.82) is 0 Å². The molecule has 4 atom stereocenters. The second-order valence-electron chi connectivity index (χ2n) is 5.13. The highest BCUT2D eigenvalue weighted by atomic mass is 31.2. The average Bonchev–Trinajstić information content (AvgIpc) is 3.00. The summed E-state index contributed by atoms with van der Waals surface area (Å²) in [5.74, 6) is -0.169. The summed E-state index contributed by atoms with van der Waals surface area (Å²) in [7, 11) is -4.51. The van der Waals surface area contributed by atoms with Crippen LogP contribution in [0.2, 0.25) is 0 Å². The normalized spacial score (nSPS) is 27.9. The zero-order valence-electron chi connectivity index (χ0n) is 11.9. The molecule has 0 amide bonds. The molecule has 13 nitrogen and oxygen atoms in total. The number of ether oxygens (including phenoxy) is 1. The van der Waals surface area contributed by atoms with E-state index in [4.69, 9.17) is 25.2 Å². The van der Waals surface area contributed by atoms with Gasteiger partial charge in [0.1, 0.15) is 24.9 Å². The summed E-state index contributed by atoms with van der Waals surface area (Å²) in [4.78, 5) is 48.2. The van der Waals surface area contributed by atoms with Gasteiger partial charge < -0.3 is 20.7 Å². The Morgan fingerprint density at radius 2 is 2.08 bits per heavy atom. The van der Waals surface area contributed by atoms with Gasteiger partial charge in [0.25, 0.3) is 5.56 Å². The molecule has 0 unspecified atom stereocenters. The topological polar surface area (TPSA) is 209 Å². The second kappa shape index (κ2) is 5.98. The van der Waals surface area contributed by atoms with Crippen LogP contribution in [-0.2, 0) is 9.26 Å². The number of nitrogens with zero attached hydrogens (tertiary/aromatic N) is 3. The molecule has 0 aliphatic carbocycles. The van der Waals surface area contributed by atoms with Gasteiger partial charge in [-0.2, -0.15) is 24.2 Å². The van der Waals surface area contributed by atoms with E-state index in [1.165, 1.54) is 10.9 Å². The largest absolute Gasteiger partial charge is 0.567 e. The van der Waals surface area contributed by atoms with E-state index in [9.17, 15) is 15.0 Å². The molecule has 8 N–H and O–H groups in total. The molecule has 3 heterocycles. The Hall–Kier alpha value is -1.70. The summed E-state index contributed by atoms with van der Waals surface area (Å²) in [5, 5.41) is 20.1. The number of H-pyrrole nitrogens is 1. The van der Waals surface area contributed by atoms with Crippen molar-refractivity contribution < 1.29 is 34.2 Å². The number of hydrogen-bond acceptors (Lipinski definition) is 11. The van der Waals surface area contributed by atoms with Gasteiger partial charge >= 0.3 is 8.17 Å². The number of aliphatic hydroxyl groups excluding tert-OH is 2. The number of imidazole rings is 1. The molecule has 0 aromatic carbocycles. The highest BCUT2D eigenvalue weighted by molar-refractivity contribution is 7.53. The summed E-state index contributed by atoms with van der Waals surface area (Å²) in [6.45, 7) is -0.589. The molecule has 0 radical (unpaired) electrons. The molecule has 132 valence electrons. The van der Waals surface area contributed by atoms with Crippen LogP contribution in [0, 0.1) is 0 Å². The molecular weight excluding hydrogens is 349 g/mol. The Morgan fingerprint density at radius 1 is 1.38 bits per heavy atom. The molecule has 2 aromatic heterocycles. The van der Waals surface area contributed by atoms with Crippen molar-refractivity contribution in [1.82, 2.24) is 19.5 Å². The Kier molecular flexibility index (Phi) is 4.27. The van der Waals surface area contributed by atoms with Crippen LogP contribution in [0.3, 0.4) is 0 Å². The molecule has 24 heavy (non-hydrogen) atoms. The number of anilines is 1. The number of hydrogen-bond donors (Lipinski definition) is 7. The van der Waals surface area contributed by atoms with Crippen molar-refractivity contribution in [2.24, 2.45) is 0 Å². The van der Waals surface area contributed by atoms with Crippen LogP contribution >= 0.6 is 8.17 Å². The van der Waals surface area contributed by atoms with Crippen LogP contribution < -0.4 is 11.3 Å². The smallest absolute Gasteiger partial charge is 0.387 e. The summed E-state index contributed by atoms with van der Waals surface area (Å²) < 4.78 is 11.0. The van der Waals surface area contributed by atoms with Crippen molar-refractivity contribution in [3.63, 3.8) is 0 Å². The maximum Gasteiger partial charge on any atom is 0.567 e. The molecule has 0 spiro atoms. The summed E-state index contributed by atoms with van der Waals surface area (Å²) in [6.07, 6.45) is -4.10. The van der Waals surface area contributed by atoms with Crippen molar-refractivity contribution in [2.45, 2.75) is 24.5 Å². The maximum atomic E-state index is 11.7. The van der Waals surface area contributed by atoms with E-state index in [2.05, 4.69) is 19.5 Å². The molecule has 3 rings (SSSR count). The van der Waals surface area contributed by atoms with Crippen LogP contribution in [0.1, 0.15) is 6.23 Å². The fourth-order valence-corrected chi connectivity index (χ4v) is 2.75. The van der Waals surface area contributed by atoms with Crippen molar-refractivity contribution in [2.75, 3.05) is 12.3 Å². The van der Waals surface area contributed by atoms with Crippen molar-refractivity contribution in [3.05, 3.63) is 16.7 Å². The first-order valence-corrected chi connectivity index (χ1v) is 8.19. The van der Waals surface area contributed by atoms with Gasteiger partial charge in [0.2, 0.25) is 5.95 Å². The van der Waals surface area contributed by atoms with Crippen molar-refractivity contribution in [3.8, 4) is 0 Å². The average molecular weight is 364 g/mol. The molecule has 1 saturated heterocycles. The van der Waals surface area contributed by atoms with Gasteiger partial charge in [-0.15, -0.1) is 0 Å². The van der Waals surface area contributed by atoms with Crippen LogP contribution in [0.5, 0.6) is 0 Å². The SMILES string of the molecule is Nc1nc2c(ncn2[C@H]2O[C@@H](CO[P+](O)(O)O)[C@H](O)[C@@H]2O)c(=O)[nH]1. The van der Waals surface area contributed by atoms with Gasteiger partial charge in [-0.1, -0.05) is 0 Å². The van der Waals surface area contributed by atoms with E-state index in [0.717, 1.165) is 0 Å². The maximum absolute atomic E-state index is 11.7. The van der Waals surface area contributed by atoms with Gasteiger partial charge in [0.15, 0.2) is 17.4 Å². The highest BCUT2D eigenvalue weighted by Crippen LogP contribution is 2.46. The van der Waals surface area contributed by atoms with Gasteiger partial charge in [0, 0.05) is 0 Å². The molecule has 14 heteroatoms. The predicted molar refractivity (Wildman–Crippen MR) is 78.0 cm³/mol. The zero-order valence-corrected chi connectivity index (χ0v) is 12.8. The minimum absolute atomic E-state index is 0.0300. The summed E-state index contributed by atoms with van der Waals surface area (Å²) in [6, 6.07) is 0. The second-order valence-corrected chi connectivity index (χ2v) is 6.42. The lowest BCUT2D eigenvalue weighted by molar-refractivity contribution is -0.0523. The first-order valence-electron chi connectivity index (χ1n) is 6.63. The third-order valence-corrected chi connectivity index (χ3v) is 3.97. The monoisotopic (exact) mass is 364 g/mol. The number of rotatable bonds is 4. The lowest BCUT2D eigenvalue weighted by atomic mass is 10.1. The van der Waals surface area contributed by atoms with Crippen LogP contribution in [0.25, 0.3) is 11.2 Å². The highest BCUT2D eigenvalue weighted by Gasteiger charge is 2.47. The first kappa shape index (κ1) is 17.1. The number of aromatic nitrogens is 4. The van der Waals surface area contributed by atoms with Crippen molar-refractivity contribution >= 4 is 25.3 Å². The van der Waals surface area contributed by atoms with E-state index in [1.807, 2.05) is 0 Å². The lowest BCUT2D eigenvalue weighted by Crippen LogP contribution is -2.33. The first-order chi connectivity index (χ1) is 11.2.